The number of carbonyl (C=O) groups is 2. The lowest BCUT2D eigenvalue weighted by atomic mass is 10.1. The summed E-state index contributed by atoms with van der Waals surface area (Å²) in [5.74, 6) is 0.0531. The molecule has 178 valence electrons. The summed E-state index contributed by atoms with van der Waals surface area (Å²) in [5, 5.41) is 3.97. The van der Waals surface area contributed by atoms with Gasteiger partial charge in [0.2, 0.25) is 5.91 Å². The third kappa shape index (κ3) is 5.68. The van der Waals surface area contributed by atoms with E-state index in [-0.39, 0.29) is 40.1 Å². The van der Waals surface area contributed by atoms with E-state index in [2.05, 4.69) is 10.2 Å². The number of benzene rings is 2. The van der Waals surface area contributed by atoms with E-state index in [1.165, 1.54) is 0 Å². The average Bonchev–Trinajstić information content (AvgIpc) is 2.81. The zero-order chi connectivity index (χ0) is 24.3. The molecule has 0 bridgehead atoms. The Bertz CT molecular complexity index is 1020. The Morgan fingerprint density at radius 1 is 0.970 bits per heavy atom. The molecule has 0 aromatic heterocycles. The first-order valence-corrected chi connectivity index (χ1v) is 11.9. The number of anilines is 2. The van der Waals surface area contributed by atoms with Crippen LogP contribution in [0.5, 0.6) is 5.75 Å². The number of piperazine rings is 1. The van der Waals surface area contributed by atoms with Crippen LogP contribution < -0.4 is 15.0 Å². The molecular weight excluding hydrogens is 485 g/mol. The molecular formula is C24H28Cl3N3O3. The van der Waals surface area contributed by atoms with Crippen molar-refractivity contribution in [2.75, 3.05) is 43.0 Å². The summed E-state index contributed by atoms with van der Waals surface area (Å²) in [6.07, 6.45) is 0. The standard InChI is InChI=1S/C24H28Cl3N3O3/c1-14(2)24(32)30-11-9-29(10-12-30)18-8-6-5-7-17(18)28-19(31)13-33-23-21(26)15(3)20(25)16(4)22(23)27/h5-8,14H,9-13H2,1-4H3,(H,28,31). The first-order chi connectivity index (χ1) is 15.6. The maximum Gasteiger partial charge on any atom is 0.262 e. The van der Waals surface area contributed by atoms with Gasteiger partial charge in [-0.2, -0.15) is 0 Å². The average molecular weight is 513 g/mol. The predicted octanol–water partition coefficient (Wildman–Crippen LogP) is 5.59. The second kappa shape index (κ2) is 10.9. The number of ether oxygens (including phenoxy) is 1. The molecule has 0 spiro atoms. The fourth-order valence-electron chi connectivity index (χ4n) is 3.75. The molecule has 33 heavy (non-hydrogen) atoms. The van der Waals surface area contributed by atoms with E-state index in [0.29, 0.717) is 48.0 Å². The van der Waals surface area contributed by atoms with E-state index in [1.807, 2.05) is 43.0 Å². The number of hydrogen-bond donors (Lipinski definition) is 1. The van der Waals surface area contributed by atoms with Gasteiger partial charge in [-0.15, -0.1) is 0 Å². The molecule has 3 rings (SSSR count). The molecule has 6 nitrogen and oxygen atoms in total. The molecule has 1 saturated heterocycles. The van der Waals surface area contributed by atoms with Crippen LogP contribution in [0.25, 0.3) is 0 Å². The molecule has 1 fully saturated rings. The molecule has 1 N–H and O–H groups in total. The molecule has 0 unspecified atom stereocenters. The normalized spacial score (nSPS) is 13.9. The van der Waals surface area contributed by atoms with Crippen molar-refractivity contribution >= 4 is 58.0 Å². The molecule has 1 heterocycles. The lowest BCUT2D eigenvalue weighted by Crippen LogP contribution is -2.50. The largest absolute Gasteiger partial charge is 0.481 e. The van der Waals surface area contributed by atoms with E-state index >= 15 is 0 Å². The third-order valence-electron chi connectivity index (χ3n) is 5.67. The van der Waals surface area contributed by atoms with Crippen LogP contribution in [0.2, 0.25) is 15.1 Å². The molecule has 1 aliphatic heterocycles. The monoisotopic (exact) mass is 511 g/mol. The molecule has 0 radical (unpaired) electrons. The van der Waals surface area contributed by atoms with Gasteiger partial charge in [0.25, 0.3) is 5.91 Å². The van der Waals surface area contributed by atoms with Gasteiger partial charge < -0.3 is 19.9 Å². The molecule has 0 atom stereocenters. The third-order valence-corrected chi connectivity index (χ3v) is 7.14. The molecule has 1 aliphatic rings. The van der Waals surface area contributed by atoms with Crippen LogP contribution >= 0.6 is 34.8 Å². The summed E-state index contributed by atoms with van der Waals surface area (Å²) < 4.78 is 5.67. The fourth-order valence-corrected chi connectivity index (χ4v) is 4.57. The Morgan fingerprint density at radius 2 is 1.55 bits per heavy atom. The molecule has 0 aliphatic carbocycles. The fraction of sp³-hybridized carbons (Fsp3) is 0.417. The van der Waals surface area contributed by atoms with Crippen molar-refractivity contribution < 1.29 is 14.3 Å². The lowest BCUT2D eigenvalue weighted by molar-refractivity contribution is -0.134. The summed E-state index contributed by atoms with van der Waals surface area (Å²) in [4.78, 5) is 29.0. The summed E-state index contributed by atoms with van der Waals surface area (Å²) in [7, 11) is 0. The van der Waals surface area contributed by atoms with E-state index in [1.54, 1.807) is 13.8 Å². The summed E-state index contributed by atoms with van der Waals surface area (Å²) in [6.45, 7) is 9.78. The first-order valence-electron chi connectivity index (χ1n) is 10.8. The Hall–Kier alpha value is -2.15. The minimum absolute atomic E-state index is 0.0154. The van der Waals surface area contributed by atoms with Gasteiger partial charge in [0.15, 0.2) is 12.4 Å². The number of carbonyl (C=O) groups excluding carboxylic acids is 2. The van der Waals surface area contributed by atoms with Gasteiger partial charge in [-0.1, -0.05) is 60.8 Å². The van der Waals surface area contributed by atoms with Gasteiger partial charge in [0.05, 0.1) is 21.4 Å². The lowest BCUT2D eigenvalue weighted by Gasteiger charge is -2.37. The number of halogens is 3. The van der Waals surface area contributed by atoms with E-state index < -0.39 is 0 Å². The van der Waals surface area contributed by atoms with Crippen molar-refractivity contribution in [3.8, 4) is 5.75 Å². The SMILES string of the molecule is Cc1c(Cl)c(C)c(Cl)c(OCC(=O)Nc2ccccc2N2CCN(C(=O)C(C)C)CC2)c1Cl. The highest BCUT2D eigenvalue weighted by molar-refractivity contribution is 6.42. The van der Waals surface area contributed by atoms with Crippen LogP contribution in [0, 0.1) is 19.8 Å². The summed E-state index contributed by atoms with van der Waals surface area (Å²) >= 11 is 18.9. The first kappa shape index (κ1) is 25.5. The Morgan fingerprint density at radius 3 is 2.12 bits per heavy atom. The summed E-state index contributed by atoms with van der Waals surface area (Å²) in [5.41, 5.74) is 2.87. The van der Waals surface area contributed by atoms with Crippen LogP contribution in [0.3, 0.4) is 0 Å². The highest BCUT2D eigenvalue weighted by atomic mass is 35.5. The minimum atomic E-state index is -0.339. The maximum atomic E-state index is 12.7. The second-order valence-corrected chi connectivity index (χ2v) is 9.48. The topological polar surface area (TPSA) is 61.9 Å². The van der Waals surface area contributed by atoms with Gasteiger partial charge >= 0.3 is 0 Å². The zero-order valence-electron chi connectivity index (χ0n) is 19.2. The predicted molar refractivity (Wildman–Crippen MR) is 135 cm³/mol. The van der Waals surface area contributed by atoms with Gasteiger partial charge in [0.1, 0.15) is 0 Å². The highest BCUT2D eigenvalue weighted by Gasteiger charge is 2.24. The van der Waals surface area contributed by atoms with Gasteiger partial charge in [-0.25, -0.2) is 0 Å². The number of para-hydroxylation sites is 2. The van der Waals surface area contributed by atoms with Crippen LogP contribution in [0.1, 0.15) is 25.0 Å². The van der Waals surface area contributed by atoms with Crippen LogP contribution in [-0.4, -0.2) is 49.5 Å². The van der Waals surface area contributed by atoms with Gasteiger partial charge in [-0.3, -0.25) is 9.59 Å². The minimum Gasteiger partial charge on any atom is -0.481 e. The van der Waals surface area contributed by atoms with Crippen molar-refractivity contribution in [2.24, 2.45) is 5.92 Å². The quantitative estimate of drug-likeness (QED) is 0.548. The van der Waals surface area contributed by atoms with Crippen LogP contribution in [0.15, 0.2) is 24.3 Å². The number of amides is 2. The van der Waals surface area contributed by atoms with Crippen molar-refractivity contribution in [1.29, 1.82) is 0 Å². The Balaban J connectivity index is 1.66. The molecule has 2 aromatic carbocycles. The smallest absolute Gasteiger partial charge is 0.262 e. The van der Waals surface area contributed by atoms with Crippen molar-refractivity contribution in [2.45, 2.75) is 27.7 Å². The van der Waals surface area contributed by atoms with E-state index in [9.17, 15) is 9.59 Å². The maximum absolute atomic E-state index is 12.7. The highest BCUT2D eigenvalue weighted by Crippen LogP contribution is 2.42. The zero-order valence-corrected chi connectivity index (χ0v) is 21.4. The number of nitrogens with zero attached hydrogens (tertiary/aromatic N) is 2. The van der Waals surface area contributed by atoms with Crippen LogP contribution in [0.4, 0.5) is 11.4 Å². The number of hydrogen-bond acceptors (Lipinski definition) is 4. The molecule has 2 aromatic rings. The van der Waals surface area contributed by atoms with Gasteiger partial charge in [-0.05, 0) is 37.1 Å². The van der Waals surface area contributed by atoms with E-state index in [4.69, 9.17) is 39.5 Å². The number of nitrogens with one attached hydrogen (secondary N) is 1. The Labute approximate surface area is 209 Å². The van der Waals surface area contributed by atoms with Crippen LogP contribution in [-0.2, 0) is 9.59 Å². The Kier molecular flexibility index (Phi) is 8.38. The summed E-state index contributed by atoms with van der Waals surface area (Å²) in [6, 6.07) is 7.58. The van der Waals surface area contributed by atoms with E-state index in [0.717, 1.165) is 5.69 Å². The van der Waals surface area contributed by atoms with Crippen molar-refractivity contribution in [3.05, 3.63) is 50.5 Å². The molecule has 2 amide bonds. The molecule has 9 heteroatoms. The molecule has 0 saturated carbocycles. The number of rotatable bonds is 6. The second-order valence-electron chi connectivity index (χ2n) is 8.34. The van der Waals surface area contributed by atoms with Gasteiger partial charge in [0, 0.05) is 37.1 Å². The van der Waals surface area contributed by atoms with Crippen molar-refractivity contribution in [1.82, 2.24) is 4.90 Å². The van der Waals surface area contributed by atoms with Crippen molar-refractivity contribution in [3.63, 3.8) is 0 Å².